The molecule has 282 valence electrons. The molecule has 0 unspecified atom stereocenters. The van der Waals surface area contributed by atoms with Crippen molar-refractivity contribution in [3.63, 3.8) is 0 Å². The second-order valence-corrected chi connectivity index (χ2v) is 17.3. The molecule has 1 aromatic rings. The van der Waals surface area contributed by atoms with Crippen molar-refractivity contribution >= 4 is 34.9 Å². The Kier molecular flexibility index (Phi) is 13.4. The number of H-pyrrole nitrogens is 1. The number of likely N-dealkylation sites (tertiary alicyclic amines) is 1. The predicted molar refractivity (Wildman–Crippen MR) is 195 cm³/mol. The summed E-state index contributed by atoms with van der Waals surface area (Å²) in [5, 5.41) is 3.13. The van der Waals surface area contributed by atoms with Crippen molar-refractivity contribution in [2.45, 2.75) is 155 Å². The number of carbonyl (C=O) groups excluding carboxylic acids is 6. The highest BCUT2D eigenvalue weighted by Crippen LogP contribution is 2.41. The molecule has 51 heavy (non-hydrogen) atoms. The molecule has 2 amide bonds. The maximum atomic E-state index is 14.8. The first-order chi connectivity index (χ1) is 24.4. The number of rotatable bonds is 17. The Morgan fingerprint density at radius 2 is 1.57 bits per heavy atom. The van der Waals surface area contributed by atoms with Crippen LogP contribution in [0.5, 0.6) is 0 Å². The second-order valence-electron chi connectivity index (χ2n) is 17.3. The zero-order chi connectivity index (χ0) is 36.7. The number of hydrogen-bond acceptors (Lipinski definition) is 7. The number of hydrogen-bond donors (Lipinski definition) is 2. The molecular formula is C41H62N4O6. The molecule has 0 radical (unpaired) electrons. The maximum absolute atomic E-state index is 14.8. The molecule has 1 aliphatic heterocycles. The van der Waals surface area contributed by atoms with Crippen molar-refractivity contribution in [2.75, 3.05) is 6.54 Å². The van der Waals surface area contributed by atoms with Crippen LogP contribution in [0.15, 0.2) is 12.4 Å². The molecule has 1 saturated heterocycles. The van der Waals surface area contributed by atoms with Gasteiger partial charge in [-0.15, -0.1) is 0 Å². The molecular weight excluding hydrogens is 644 g/mol. The highest BCUT2D eigenvalue weighted by Gasteiger charge is 2.49. The Morgan fingerprint density at radius 3 is 2.16 bits per heavy atom. The van der Waals surface area contributed by atoms with Gasteiger partial charge in [0.25, 0.3) is 0 Å². The van der Waals surface area contributed by atoms with Crippen molar-refractivity contribution in [3.05, 3.63) is 18.2 Å². The summed E-state index contributed by atoms with van der Waals surface area (Å²) in [6.45, 7) is 8.14. The van der Waals surface area contributed by atoms with E-state index < -0.39 is 35.1 Å². The maximum Gasteiger partial charge on any atom is 0.246 e. The van der Waals surface area contributed by atoms with Crippen LogP contribution < -0.4 is 5.32 Å². The van der Waals surface area contributed by atoms with E-state index in [1.54, 1.807) is 11.1 Å². The third-order valence-corrected chi connectivity index (χ3v) is 12.3. The summed E-state index contributed by atoms with van der Waals surface area (Å²) < 4.78 is 0. The minimum Gasteiger partial charge on any atom is -0.344 e. The normalized spacial score (nSPS) is 23.7. The van der Waals surface area contributed by atoms with Crippen LogP contribution in [0, 0.1) is 40.9 Å². The molecule has 5 atom stereocenters. The van der Waals surface area contributed by atoms with Crippen LogP contribution in [0.25, 0.3) is 0 Å². The van der Waals surface area contributed by atoms with Crippen molar-refractivity contribution in [2.24, 2.45) is 40.9 Å². The van der Waals surface area contributed by atoms with Gasteiger partial charge in [-0.2, -0.15) is 0 Å². The molecule has 3 saturated carbocycles. The van der Waals surface area contributed by atoms with E-state index >= 15 is 0 Å². The van der Waals surface area contributed by atoms with Gasteiger partial charge in [0.05, 0.1) is 6.04 Å². The summed E-state index contributed by atoms with van der Waals surface area (Å²) in [5.74, 6) is -2.15. The summed E-state index contributed by atoms with van der Waals surface area (Å²) in [4.78, 5) is 91.9. The second kappa shape index (κ2) is 17.6. The van der Waals surface area contributed by atoms with Crippen LogP contribution in [-0.2, 0) is 24.0 Å². The van der Waals surface area contributed by atoms with Gasteiger partial charge in [0.1, 0.15) is 6.04 Å². The molecule has 2 heterocycles. The molecule has 1 aromatic heterocycles. The lowest BCUT2D eigenvalue weighted by molar-refractivity contribution is -0.146. The Labute approximate surface area is 304 Å². The predicted octanol–water partition coefficient (Wildman–Crippen LogP) is 6.82. The van der Waals surface area contributed by atoms with Gasteiger partial charge in [0.2, 0.25) is 17.6 Å². The van der Waals surface area contributed by atoms with Gasteiger partial charge in [-0.3, -0.25) is 28.8 Å². The number of amides is 2. The monoisotopic (exact) mass is 706 g/mol. The number of nitrogens with zero attached hydrogens (tertiary/aromatic N) is 2. The fraction of sp³-hybridized carbons (Fsp3) is 0.780. The molecule has 4 fully saturated rings. The zero-order valence-electron chi connectivity index (χ0n) is 31.6. The molecule has 10 nitrogen and oxygen atoms in total. The zero-order valence-corrected chi connectivity index (χ0v) is 31.6. The molecule has 0 spiro atoms. The Morgan fingerprint density at radius 1 is 0.902 bits per heavy atom. The number of imidazole rings is 1. The molecule has 5 rings (SSSR count). The summed E-state index contributed by atoms with van der Waals surface area (Å²) in [6.07, 6.45) is 17.4. The summed E-state index contributed by atoms with van der Waals surface area (Å²) in [6, 6.07) is -1.61. The van der Waals surface area contributed by atoms with Gasteiger partial charge in [-0.1, -0.05) is 85.5 Å². The Bertz CT molecular complexity index is 1380. The summed E-state index contributed by atoms with van der Waals surface area (Å²) >= 11 is 0. The first-order valence-corrected chi connectivity index (χ1v) is 20.1. The third-order valence-electron chi connectivity index (χ3n) is 12.3. The van der Waals surface area contributed by atoms with Crippen LogP contribution in [0.4, 0.5) is 0 Å². The molecule has 10 heteroatoms. The highest BCUT2D eigenvalue weighted by atomic mass is 16.2. The van der Waals surface area contributed by atoms with Crippen LogP contribution in [-0.4, -0.2) is 68.4 Å². The quantitative estimate of drug-likeness (QED) is 0.134. The van der Waals surface area contributed by atoms with Gasteiger partial charge < -0.3 is 15.2 Å². The van der Waals surface area contributed by atoms with E-state index in [-0.39, 0.29) is 66.1 Å². The van der Waals surface area contributed by atoms with E-state index in [1.807, 2.05) is 27.7 Å². The lowest BCUT2D eigenvalue weighted by Gasteiger charge is -2.39. The van der Waals surface area contributed by atoms with E-state index in [4.69, 9.17) is 0 Å². The molecule has 0 bridgehead atoms. The Hall–Kier alpha value is -3.17. The highest BCUT2D eigenvalue weighted by molar-refractivity contribution is 6.38. The third kappa shape index (κ3) is 10.0. The van der Waals surface area contributed by atoms with E-state index in [9.17, 15) is 28.8 Å². The SMILES string of the molecule is CCC[C@H](CC(=O)[C@@H]1[C@@H](C2CCCCC2)CCN1C(=O)[C@@H](NC(=O)[C@@H](CC(=O)c1ncc[nH]1)C1CCCCC1)C(C)(C)C)C(=O)C(=O)CC1CC1. The number of Topliss-reactive ketones (excluding diaryl/α,β-unsaturated/α-hetero) is 4. The summed E-state index contributed by atoms with van der Waals surface area (Å²) in [5.41, 5.74) is -0.679. The minimum atomic E-state index is -0.914. The van der Waals surface area contributed by atoms with Gasteiger partial charge in [-0.25, -0.2) is 4.98 Å². The lowest BCUT2D eigenvalue weighted by Crippen LogP contribution is -2.59. The molecule has 0 aromatic carbocycles. The standard InChI is InChI=1S/C41H62N4O6/c1-5-12-29(36(49)33(47)23-26-17-18-26)24-32(46)35-30(27-13-8-6-9-14-27)19-22-45(35)40(51)37(41(2,3)4)44-39(50)31(28-15-10-7-11-16-28)25-34(48)38-42-20-21-43-38/h20-21,26-31,35,37H,5-19,22-25H2,1-4H3,(H,42,43)(H,44,50)/t29-,30-,31+,35+,37-/m1/s1. The van der Waals surface area contributed by atoms with Crippen molar-refractivity contribution in [1.29, 1.82) is 0 Å². The van der Waals surface area contributed by atoms with E-state index in [0.717, 1.165) is 70.6 Å². The smallest absolute Gasteiger partial charge is 0.246 e. The van der Waals surface area contributed by atoms with Gasteiger partial charge >= 0.3 is 0 Å². The molecule has 4 aliphatic rings. The molecule has 3 aliphatic carbocycles. The lowest BCUT2D eigenvalue weighted by atomic mass is 9.74. The van der Waals surface area contributed by atoms with E-state index in [0.29, 0.717) is 37.6 Å². The molecule has 2 N–H and O–H groups in total. The number of carbonyl (C=O) groups is 6. The fourth-order valence-corrected chi connectivity index (χ4v) is 9.27. The fourth-order valence-electron chi connectivity index (χ4n) is 9.27. The number of aromatic nitrogens is 2. The van der Waals surface area contributed by atoms with E-state index in [2.05, 4.69) is 15.3 Å². The Balaban J connectivity index is 1.38. The van der Waals surface area contributed by atoms with Crippen molar-refractivity contribution < 1.29 is 28.8 Å². The van der Waals surface area contributed by atoms with Crippen LogP contribution in [0.1, 0.15) is 154 Å². The first-order valence-electron chi connectivity index (χ1n) is 20.1. The van der Waals surface area contributed by atoms with Crippen LogP contribution in [0.3, 0.4) is 0 Å². The van der Waals surface area contributed by atoms with Gasteiger partial charge in [0.15, 0.2) is 23.2 Å². The topological polar surface area (TPSA) is 146 Å². The average Bonchev–Trinajstić information content (AvgIpc) is 3.55. The van der Waals surface area contributed by atoms with Crippen molar-refractivity contribution in [3.8, 4) is 0 Å². The van der Waals surface area contributed by atoms with Gasteiger partial charge in [0, 0.05) is 50.0 Å². The number of aromatic amines is 1. The summed E-state index contributed by atoms with van der Waals surface area (Å²) in [7, 11) is 0. The van der Waals surface area contributed by atoms with Crippen LogP contribution in [0.2, 0.25) is 0 Å². The van der Waals surface area contributed by atoms with E-state index in [1.165, 1.54) is 12.6 Å². The first kappa shape index (κ1) is 39.0. The average molecular weight is 707 g/mol. The van der Waals surface area contributed by atoms with Crippen LogP contribution >= 0.6 is 0 Å². The number of ketones is 4. The number of nitrogens with one attached hydrogen (secondary N) is 2. The minimum absolute atomic E-state index is 0.00988. The van der Waals surface area contributed by atoms with Gasteiger partial charge in [-0.05, 0) is 67.6 Å². The van der Waals surface area contributed by atoms with Crippen molar-refractivity contribution in [1.82, 2.24) is 20.2 Å². The largest absolute Gasteiger partial charge is 0.344 e.